The van der Waals surface area contributed by atoms with Crippen LogP contribution in [0.2, 0.25) is 0 Å². The molecule has 2 aliphatic heterocycles. The first-order valence-corrected chi connectivity index (χ1v) is 13.3. The molecule has 192 valence electrons. The van der Waals surface area contributed by atoms with Crippen LogP contribution in [0.5, 0.6) is 5.75 Å². The van der Waals surface area contributed by atoms with E-state index in [2.05, 4.69) is 32.0 Å². The van der Waals surface area contributed by atoms with Gasteiger partial charge in [0, 0.05) is 36.2 Å². The molecule has 1 unspecified atom stereocenters. The zero-order valence-electron chi connectivity index (χ0n) is 21.2. The maximum atomic E-state index is 13.3. The lowest BCUT2D eigenvalue weighted by atomic mass is 9.51. The predicted octanol–water partition coefficient (Wildman–Crippen LogP) is 1.09. The molecule has 13 heteroatoms. The quantitative estimate of drug-likeness (QED) is 0.427. The highest BCUT2D eigenvalue weighted by Crippen LogP contribution is 2.51. The summed E-state index contributed by atoms with van der Waals surface area (Å²) in [5, 5.41) is -0.950. The number of nitrogen functional groups attached to an aromatic ring is 2. The molecule has 3 aromatic rings. The molecule has 38 heavy (non-hydrogen) atoms. The molecule has 4 radical (unpaired) electrons. The van der Waals surface area contributed by atoms with Gasteiger partial charge in [-0.05, 0) is 53.2 Å². The Morgan fingerprint density at radius 2 is 1.97 bits per heavy atom. The van der Waals surface area contributed by atoms with Crippen molar-refractivity contribution in [2.45, 2.75) is 37.1 Å². The van der Waals surface area contributed by atoms with Gasteiger partial charge in [-0.1, -0.05) is 6.07 Å². The van der Waals surface area contributed by atoms with Gasteiger partial charge in [0.05, 0.1) is 35.5 Å². The van der Waals surface area contributed by atoms with Crippen molar-refractivity contribution in [1.29, 1.82) is 0 Å². The number of nitrogens with zero attached hydrogens (tertiary/aromatic N) is 5. The van der Waals surface area contributed by atoms with E-state index in [4.69, 9.17) is 37.6 Å². The molecular weight excluding hydrogens is 498 g/mol. The van der Waals surface area contributed by atoms with Crippen LogP contribution in [-0.2, 0) is 18.2 Å². The van der Waals surface area contributed by atoms with Crippen LogP contribution in [0, 0.1) is 5.41 Å². The lowest BCUT2D eigenvalue weighted by Crippen LogP contribution is -2.49. The Morgan fingerprint density at radius 1 is 1.21 bits per heavy atom. The van der Waals surface area contributed by atoms with Crippen molar-refractivity contribution in [3.8, 4) is 5.75 Å². The predicted molar refractivity (Wildman–Crippen MR) is 148 cm³/mol. The van der Waals surface area contributed by atoms with Gasteiger partial charge in [-0.3, -0.25) is 4.79 Å². The number of nitrogens with two attached hydrogens (primary N) is 3. The monoisotopic (exact) mass is 526 g/mol. The third-order valence-corrected chi connectivity index (χ3v) is 9.06. The van der Waals surface area contributed by atoms with Crippen molar-refractivity contribution >= 4 is 49.7 Å². The number of carbonyl (C=O) groups is 1. The number of benzene rings is 1. The zero-order chi connectivity index (χ0) is 26.8. The Kier molecular flexibility index (Phi) is 5.84. The Morgan fingerprint density at radius 3 is 2.68 bits per heavy atom. The van der Waals surface area contributed by atoms with Crippen molar-refractivity contribution in [2.75, 3.05) is 43.1 Å². The molecule has 1 spiro atoms. The standard InChI is InChI=1S/C25H28B2N8O2S/c1-37-14-3-2-13-9-24(19(28)15(13)8-14)4-6-34(7-5-24)17-10-31-18(21(29)32-17)22(36)35-11-16-20(25(26,27)12-35)33-23(30)38-16/h2-3,8,10,19H,4-7,9,11-12,28H2,1H3,(H2,29,32)(H2,30,33). The second kappa shape index (κ2) is 8.88. The maximum absolute atomic E-state index is 13.3. The average molecular weight is 526 g/mol. The number of anilines is 3. The van der Waals surface area contributed by atoms with Gasteiger partial charge in [-0.15, -0.1) is 11.3 Å². The first kappa shape index (κ1) is 25.0. The minimum Gasteiger partial charge on any atom is -0.497 e. The summed E-state index contributed by atoms with van der Waals surface area (Å²) in [5.41, 5.74) is 21.9. The van der Waals surface area contributed by atoms with Crippen LogP contribution in [0.4, 0.5) is 16.8 Å². The molecule has 3 aliphatic rings. The molecule has 1 amide bonds. The van der Waals surface area contributed by atoms with Crippen molar-refractivity contribution < 1.29 is 9.53 Å². The highest BCUT2D eigenvalue weighted by molar-refractivity contribution is 7.15. The van der Waals surface area contributed by atoms with E-state index in [0.717, 1.165) is 43.0 Å². The Labute approximate surface area is 227 Å². The fourth-order valence-corrected chi connectivity index (χ4v) is 7.05. The summed E-state index contributed by atoms with van der Waals surface area (Å²) >= 11 is 1.26. The number of methoxy groups -OCH3 is 1. The van der Waals surface area contributed by atoms with Crippen molar-refractivity contribution in [2.24, 2.45) is 11.1 Å². The fourth-order valence-electron chi connectivity index (χ4n) is 6.10. The molecule has 2 aromatic heterocycles. The Bertz CT molecular complexity index is 1420. The van der Waals surface area contributed by atoms with Gasteiger partial charge in [-0.25, -0.2) is 15.0 Å². The summed E-state index contributed by atoms with van der Waals surface area (Å²) in [5.74, 6) is 1.16. The van der Waals surface area contributed by atoms with E-state index in [-0.39, 0.29) is 42.0 Å². The molecular formula is C25H28B2N8O2S. The molecule has 6 N–H and O–H groups in total. The SMILES string of the molecule is [B]C1([B])CN(C(=O)c2ncc(N3CCC4(CC3)Cc3ccc(OC)cc3C4N)nc2N)Cc2sc(N)nc21. The summed E-state index contributed by atoms with van der Waals surface area (Å²) in [7, 11) is 14.2. The summed E-state index contributed by atoms with van der Waals surface area (Å²) < 4.78 is 5.40. The van der Waals surface area contributed by atoms with E-state index in [1.807, 2.05) is 6.07 Å². The summed E-state index contributed by atoms with van der Waals surface area (Å²) in [6.45, 7) is 1.88. The highest BCUT2D eigenvalue weighted by Gasteiger charge is 2.46. The molecule has 1 atom stereocenters. The molecule has 6 rings (SSSR count). The van der Waals surface area contributed by atoms with Gasteiger partial charge < -0.3 is 31.7 Å². The normalized spacial score (nSPS) is 21.3. The van der Waals surface area contributed by atoms with E-state index < -0.39 is 5.21 Å². The summed E-state index contributed by atoms with van der Waals surface area (Å²) in [6.07, 6.45) is 4.39. The zero-order valence-corrected chi connectivity index (χ0v) is 22.0. The number of amides is 1. The van der Waals surface area contributed by atoms with Crippen LogP contribution in [0.3, 0.4) is 0 Å². The van der Waals surface area contributed by atoms with E-state index >= 15 is 0 Å². The minimum atomic E-state index is -1.31. The van der Waals surface area contributed by atoms with Crippen molar-refractivity contribution in [1.82, 2.24) is 19.9 Å². The highest BCUT2D eigenvalue weighted by atomic mass is 32.1. The molecule has 1 saturated heterocycles. The molecule has 1 aliphatic carbocycles. The number of aromatic nitrogens is 3. The van der Waals surface area contributed by atoms with Crippen molar-refractivity contribution in [3.05, 3.63) is 51.8 Å². The lowest BCUT2D eigenvalue weighted by Gasteiger charge is -2.42. The van der Waals surface area contributed by atoms with Gasteiger partial charge in [0.1, 0.15) is 11.6 Å². The number of rotatable bonds is 3. The van der Waals surface area contributed by atoms with Gasteiger partial charge >= 0.3 is 0 Å². The molecule has 4 heterocycles. The molecule has 0 saturated carbocycles. The van der Waals surface area contributed by atoms with Crippen LogP contribution < -0.4 is 26.8 Å². The van der Waals surface area contributed by atoms with Crippen LogP contribution in [0.25, 0.3) is 0 Å². The van der Waals surface area contributed by atoms with Crippen molar-refractivity contribution in [3.63, 3.8) is 0 Å². The Balaban J connectivity index is 1.15. The molecule has 10 nitrogen and oxygen atoms in total. The van der Waals surface area contributed by atoms with Gasteiger partial charge in [-0.2, -0.15) is 0 Å². The number of ether oxygens (including phenoxy) is 1. The van der Waals surface area contributed by atoms with Gasteiger partial charge in [0.25, 0.3) is 5.91 Å². The van der Waals surface area contributed by atoms with Gasteiger partial charge in [0.2, 0.25) is 0 Å². The number of hydrogen-bond donors (Lipinski definition) is 3. The maximum Gasteiger partial charge on any atom is 0.276 e. The lowest BCUT2D eigenvalue weighted by molar-refractivity contribution is 0.0720. The number of piperidine rings is 1. The number of thiazole rings is 1. The van der Waals surface area contributed by atoms with Crippen LogP contribution in [0.1, 0.15) is 51.1 Å². The van der Waals surface area contributed by atoms with Crippen LogP contribution >= 0.6 is 11.3 Å². The number of fused-ring (bicyclic) bond motifs is 2. The van der Waals surface area contributed by atoms with E-state index in [0.29, 0.717) is 16.6 Å². The average Bonchev–Trinajstić information content (AvgIpc) is 3.41. The molecule has 1 fully saturated rings. The summed E-state index contributed by atoms with van der Waals surface area (Å²) in [6, 6.07) is 6.15. The number of carbonyl (C=O) groups excluding carboxylic acids is 1. The smallest absolute Gasteiger partial charge is 0.276 e. The first-order chi connectivity index (χ1) is 18.1. The number of hydrogen-bond acceptors (Lipinski definition) is 10. The summed E-state index contributed by atoms with van der Waals surface area (Å²) in [4.78, 5) is 30.9. The third kappa shape index (κ3) is 3.99. The topological polar surface area (TPSA) is 150 Å². The first-order valence-electron chi connectivity index (χ1n) is 12.5. The second-order valence-corrected chi connectivity index (χ2v) is 11.7. The molecule has 0 bridgehead atoms. The minimum absolute atomic E-state index is 0.00415. The third-order valence-electron chi connectivity index (χ3n) is 8.19. The van der Waals surface area contributed by atoms with E-state index in [9.17, 15) is 4.79 Å². The van der Waals surface area contributed by atoms with E-state index in [1.54, 1.807) is 13.3 Å². The van der Waals surface area contributed by atoms with Crippen LogP contribution in [-0.4, -0.2) is 68.2 Å². The fraction of sp³-hybridized carbons (Fsp3) is 0.440. The second-order valence-electron chi connectivity index (χ2n) is 10.6. The Hall–Kier alpha value is -3.31. The van der Waals surface area contributed by atoms with E-state index in [1.165, 1.54) is 27.4 Å². The van der Waals surface area contributed by atoms with Gasteiger partial charge in [0.15, 0.2) is 16.6 Å². The largest absolute Gasteiger partial charge is 0.497 e. The molecule has 1 aromatic carbocycles. The van der Waals surface area contributed by atoms with Crippen LogP contribution in [0.15, 0.2) is 24.4 Å².